The molecule has 1 heteroatoms. The van der Waals surface area contributed by atoms with Crippen molar-refractivity contribution in [2.24, 2.45) is 0 Å². The zero-order valence-corrected chi connectivity index (χ0v) is 12.8. The molecule has 0 saturated heterocycles. The Morgan fingerprint density at radius 1 is 0.947 bits per heavy atom. The Balaban J connectivity index is 2.42. The van der Waals surface area contributed by atoms with Gasteiger partial charge in [-0.3, -0.25) is 0 Å². The smallest absolute Gasteiger partial charge is 0.0652 e. The van der Waals surface area contributed by atoms with Gasteiger partial charge in [0.05, 0.1) is 6.30 Å². The van der Waals surface area contributed by atoms with Crippen molar-refractivity contribution in [3.8, 4) is 11.1 Å². The molecule has 0 fully saturated rings. The highest BCUT2D eigenvalue weighted by Gasteiger charge is 2.17. The van der Waals surface area contributed by atoms with Gasteiger partial charge in [0.25, 0.3) is 0 Å². The van der Waals surface area contributed by atoms with Crippen LogP contribution in [-0.2, 0) is 0 Å². The Morgan fingerprint density at radius 3 is 2.26 bits per heavy atom. The molecule has 0 saturated carbocycles. The minimum atomic E-state index is -0.288. The lowest BCUT2D eigenvalue weighted by Crippen LogP contribution is -2.04. The second-order valence-corrected chi connectivity index (χ2v) is 6.96. The van der Waals surface area contributed by atoms with E-state index >= 15 is 0 Å². The quantitative estimate of drug-likeness (QED) is 0.670. The average molecular weight is 269 g/mol. The fraction of sp³-hybridized carbons (Fsp3) is 0.278. The second kappa shape index (κ2) is 6.68. The summed E-state index contributed by atoms with van der Waals surface area (Å²) in [7, 11) is -0.288. The van der Waals surface area contributed by atoms with E-state index in [1.165, 1.54) is 41.0 Å². The normalized spacial score (nSPS) is 11.4. The average Bonchev–Trinajstić information content (AvgIpc) is 2.45. The van der Waals surface area contributed by atoms with E-state index in [0.29, 0.717) is 0 Å². The van der Waals surface area contributed by atoms with Gasteiger partial charge >= 0.3 is 0 Å². The summed E-state index contributed by atoms with van der Waals surface area (Å²) in [6, 6.07) is 17.4. The number of benzene rings is 2. The van der Waals surface area contributed by atoms with Gasteiger partial charge in [0.15, 0.2) is 5.30 Å². The Bertz CT molecular complexity index is 569. The summed E-state index contributed by atoms with van der Waals surface area (Å²) in [5, 5.41) is 1.44. The van der Waals surface area contributed by atoms with Crippen molar-refractivity contribution < 1.29 is 0 Å². The molecular weight excluding hydrogens is 247 g/mol. The first-order chi connectivity index (χ1) is 9.24. The van der Waals surface area contributed by atoms with Crippen LogP contribution in [0.1, 0.15) is 25.3 Å². The van der Waals surface area contributed by atoms with Crippen LogP contribution in [0.25, 0.3) is 11.1 Å². The van der Waals surface area contributed by atoms with Gasteiger partial charge in [0, 0.05) is 5.56 Å². The molecule has 0 aromatic heterocycles. The van der Waals surface area contributed by atoms with E-state index in [1.807, 2.05) is 0 Å². The highest BCUT2D eigenvalue weighted by atomic mass is 31.1. The maximum Gasteiger partial charge on any atom is 0.155 e. The summed E-state index contributed by atoms with van der Waals surface area (Å²) in [5.74, 6) is 0. The summed E-state index contributed by atoms with van der Waals surface area (Å²) < 4.78 is 0. The number of unbranched alkanes of at least 4 members (excludes halogenated alkanes) is 1. The molecular formula is C18H22P+. The van der Waals surface area contributed by atoms with Gasteiger partial charge < -0.3 is 0 Å². The van der Waals surface area contributed by atoms with Crippen molar-refractivity contribution in [3.05, 3.63) is 54.1 Å². The zero-order valence-electron chi connectivity index (χ0n) is 11.9. The molecule has 98 valence electrons. The minimum absolute atomic E-state index is 0.288. The van der Waals surface area contributed by atoms with E-state index < -0.39 is 0 Å². The lowest BCUT2D eigenvalue weighted by molar-refractivity contribution is 0.895. The molecule has 0 aliphatic carbocycles. The standard InChI is InChI=1S/C18H22P/c1-4-5-14-19(3)18-13-9-8-12-17(18)16-11-7-6-10-15(16)2/h6-13H,3-5,14H2,1-2H3/q+1. The van der Waals surface area contributed by atoms with Crippen LogP contribution in [0, 0.1) is 6.92 Å². The highest BCUT2D eigenvalue weighted by molar-refractivity contribution is 7.64. The first kappa shape index (κ1) is 14.0. The summed E-state index contributed by atoms with van der Waals surface area (Å²) in [6.45, 7) is 4.43. The molecule has 0 bridgehead atoms. The predicted octanol–water partition coefficient (Wildman–Crippen LogP) is 5.00. The first-order valence-electron chi connectivity index (χ1n) is 6.97. The van der Waals surface area contributed by atoms with Crippen LogP contribution in [0.2, 0.25) is 0 Å². The second-order valence-electron chi connectivity index (χ2n) is 4.95. The molecule has 0 N–H and O–H groups in total. The topological polar surface area (TPSA) is 0 Å². The maximum absolute atomic E-state index is 4.43. The molecule has 0 amide bonds. The zero-order chi connectivity index (χ0) is 13.7. The third-order valence-electron chi connectivity index (χ3n) is 3.46. The summed E-state index contributed by atoms with van der Waals surface area (Å²) in [4.78, 5) is 0. The first-order valence-corrected chi connectivity index (χ1v) is 8.68. The molecule has 2 rings (SSSR count). The lowest BCUT2D eigenvalue weighted by atomic mass is 10.0. The van der Waals surface area contributed by atoms with Crippen molar-refractivity contribution in [1.29, 1.82) is 0 Å². The van der Waals surface area contributed by atoms with Gasteiger partial charge in [-0.2, -0.15) is 0 Å². The van der Waals surface area contributed by atoms with Gasteiger partial charge in [-0.15, -0.1) is 0 Å². The van der Waals surface area contributed by atoms with E-state index in [4.69, 9.17) is 0 Å². The monoisotopic (exact) mass is 269 g/mol. The molecule has 0 aliphatic heterocycles. The van der Waals surface area contributed by atoms with E-state index in [9.17, 15) is 0 Å². The summed E-state index contributed by atoms with van der Waals surface area (Å²) in [5.41, 5.74) is 4.07. The number of rotatable bonds is 5. The van der Waals surface area contributed by atoms with Crippen LogP contribution in [0.3, 0.4) is 0 Å². The van der Waals surface area contributed by atoms with Gasteiger partial charge in [-0.1, -0.05) is 49.7 Å². The largest absolute Gasteiger partial charge is 0.155 e. The van der Waals surface area contributed by atoms with Gasteiger partial charge in [0.2, 0.25) is 0 Å². The minimum Gasteiger partial charge on any atom is -0.0652 e. The van der Waals surface area contributed by atoms with E-state index in [0.717, 1.165) is 0 Å². The fourth-order valence-corrected chi connectivity index (χ4v) is 4.09. The van der Waals surface area contributed by atoms with Crippen LogP contribution in [0.15, 0.2) is 48.5 Å². The predicted molar refractivity (Wildman–Crippen MR) is 90.1 cm³/mol. The third-order valence-corrected chi connectivity index (χ3v) is 5.39. The molecule has 2 aromatic carbocycles. The van der Waals surface area contributed by atoms with Crippen molar-refractivity contribution >= 4 is 19.1 Å². The van der Waals surface area contributed by atoms with Gasteiger partial charge in [-0.25, -0.2) is 0 Å². The molecule has 0 nitrogen and oxygen atoms in total. The van der Waals surface area contributed by atoms with Crippen LogP contribution >= 0.6 is 7.55 Å². The molecule has 1 unspecified atom stereocenters. The Kier molecular flexibility index (Phi) is 4.93. The third kappa shape index (κ3) is 3.33. The van der Waals surface area contributed by atoms with E-state index in [2.05, 4.69) is 68.7 Å². The van der Waals surface area contributed by atoms with Crippen LogP contribution in [0.4, 0.5) is 0 Å². The lowest BCUT2D eigenvalue weighted by Gasteiger charge is -2.08. The Labute approximate surface area is 117 Å². The molecule has 0 radical (unpaired) electrons. The van der Waals surface area contributed by atoms with Gasteiger partial charge in [0.1, 0.15) is 13.7 Å². The Hall–Kier alpha value is -1.39. The highest BCUT2D eigenvalue weighted by Crippen LogP contribution is 2.30. The van der Waals surface area contributed by atoms with Crippen molar-refractivity contribution in [2.45, 2.75) is 26.7 Å². The van der Waals surface area contributed by atoms with Crippen molar-refractivity contribution in [3.63, 3.8) is 0 Å². The number of aryl methyl sites for hydroxylation is 1. The molecule has 2 aromatic rings. The van der Waals surface area contributed by atoms with Crippen LogP contribution in [-0.4, -0.2) is 12.5 Å². The molecule has 0 heterocycles. The number of hydrogen-bond acceptors (Lipinski definition) is 0. The molecule has 0 aliphatic rings. The number of hydrogen-bond donors (Lipinski definition) is 0. The van der Waals surface area contributed by atoms with Gasteiger partial charge in [-0.05, 0) is 36.6 Å². The van der Waals surface area contributed by atoms with Crippen LogP contribution < -0.4 is 5.30 Å². The summed E-state index contributed by atoms with van der Waals surface area (Å²) >= 11 is 0. The maximum atomic E-state index is 4.43. The molecule has 19 heavy (non-hydrogen) atoms. The van der Waals surface area contributed by atoms with E-state index in [-0.39, 0.29) is 7.55 Å². The molecule has 1 atom stereocenters. The van der Waals surface area contributed by atoms with E-state index in [1.54, 1.807) is 0 Å². The van der Waals surface area contributed by atoms with Crippen molar-refractivity contribution in [2.75, 3.05) is 6.16 Å². The SMILES string of the molecule is C=[P+](CCCC)c1ccccc1-c1ccccc1C. The molecule has 0 spiro atoms. The Morgan fingerprint density at radius 2 is 1.58 bits per heavy atom. The van der Waals surface area contributed by atoms with Crippen LogP contribution in [0.5, 0.6) is 0 Å². The summed E-state index contributed by atoms with van der Waals surface area (Å²) in [6.07, 6.45) is 8.18. The fourth-order valence-electron chi connectivity index (χ4n) is 2.32. The van der Waals surface area contributed by atoms with Crippen molar-refractivity contribution in [1.82, 2.24) is 0 Å².